The van der Waals surface area contributed by atoms with E-state index in [-0.39, 0.29) is 5.69 Å². The minimum absolute atomic E-state index is 0.0430. The van der Waals surface area contributed by atoms with Crippen LogP contribution < -0.4 is 10.6 Å². The lowest BCUT2D eigenvalue weighted by Crippen LogP contribution is -2.44. The Morgan fingerprint density at radius 1 is 1.25 bits per heavy atom. The van der Waals surface area contributed by atoms with Crippen molar-refractivity contribution in [1.82, 2.24) is 5.32 Å². The van der Waals surface area contributed by atoms with Gasteiger partial charge in [0.15, 0.2) is 0 Å². The minimum atomic E-state index is -0.832. The van der Waals surface area contributed by atoms with E-state index in [2.05, 4.69) is 10.6 Å². The van der Waals surface area contributed by atoms with E-state index in [9.17, 15) is 14.0 Å². The number of hydrogen-bond donors (Lipinski definition) is 2. The lowest BCUT2D eigenvalue weighted by molar-refractivity contribution is -0.156. The Morgan fingerprint density at radius 3 is 2.40 bits per heavy atom. The quantitative estimate of drug-likeness (QED) is 0.838. The van der Waals surface area contributed by atoms with Crippen LogP contribution in [0.15, 0.2) is 24.3 Å². The molecule has 1 atom stereocenters. The van der Waals surface area contributed by atoms with Gasteiger partial charge in [-0.1, -0.05) is 12.1 Å². The summed E-state index contributed by atoms with van der Waals surface area (Å²) in [6.45, 7) is 6.69. The SMILES string of the molecule is C[C@H](NC(=O)Nc1ccccc1F)C(=O)OC(C)(C)C. The van der Waals surface area contributed by atoms with E-state index in [1.165, 1.54) is 25.1 Å². The van der Waals surface area contributed by atoms with Gasteiger partial charge in [-0.25, -0.2) is 14.0 Å². The topological polar surface area (TPSA) is 67.4 Å². The highest BCUT2D eigenvalue weighted by Crippen LogP contribution is 2.12. The van der Waals surface area contributed by atoms with Crippen LogP contribution in [0.2, 0.25) is 0 Å². The van der Waals surface area contributed by atoms with Crippen molar-refractivity contribution in [2.45, 2.75) is 39.3 Å². The van der Waals surface area contributed by atoms with Crippen molar-refractivity contribution in [2.24, 2.45) is 0 Å². The van der Waals surface area contributed by atoms with Crippen LogP contribution >= 0.6 is 0 Å². The summed E-state index contributed by atoms with van der Waals surface area (Å²) in [6.07, 6.45) is 0. The Bertz CT molecular complexity index is 497. The predicted molar refractivity (Wildman–Crippen MR) is 73.9 cm³/mol. The molecule has 0 saturated carbocycles. The van der Waals surface area contributed by atoms with E-state index in [1.54, 1.807) is 26.8 Å². The Balaban J connectivity index is 2.54. The number of nitrogens with one attached hydrogen (secondary N) is 2. The average molecular weight is 282 g/mol. The highest BCUT2D eigenvalue weighted by molar-refractivity contribution is 5.92. The molecule has 1 aromatic carbocycles. The Hall–Kier alpha value is -2.11. The molecule has 0 aliphatic heterocycles. The first kappa shape index (κ1) is 15.9. The number of hydrogen-bond acceptors (Lipinski definition) is 3. The van der Waals surface area contributed by atoms with E-state index in [1.807, 2.05) is 0 Å². The number of rotatable bonds is 3. The average Bonchev–Trinajstić information content (AvgIpc) is 2.29. The van der Waals surface area contributed by atoms with E-state index < -0.39 is 29.5 Å². The number of benzene rings is 1. The molecular formula is C14H19FN2O3. The largest absolute Gasteiger partial charge is 0.458 e. The molecule has 20 heavy (non-hydrogen) atoms. The second-order valence-electron chi connectivity index (χ2n) is 5.33. The Morgan fingerprint density at radius 2 is 1.85 bits per heavy atom. The van der Waals surface area contributed by atoms with Crippen molar-refractivity contribution in [3.05, 3.63) is 30.1 Å². The summed E-state index contributed by atoms with van der Waals surface area (Å²) in [5.41, 5.74) is -0.587. The summed E-state index contributed by atoms with van der Waals surface area (Å²) in [4.78, 5) is 23.3. The fourth-order valence-electron chi connectivity index (χ4n) is 1.37. The van der Waals surface area contributed by atoms with Gasteiger partial charge in [0.05, 0.1) is 5.69 Å². The molecule has 0 aromatic heterocycles. The van der Waals surface area contributed by atoms with Gasteiger partial charge in [0.25, 0.3) is 0 Å². The van der Waals surface area contributed by atoms with Crippen LogP contribution in [0.25, 0.3) is 0 Å². The molecule has 0 saturated heterocycles. The first-order valence-electron chi connectivity index (χ1n) is 6.24. The van der Waals surface area contributed by atoms with Crippen LogP contribution in [0, 0.1) is 5.82 Å². The van der Waals surface area contributed by atoms with Gasteiger partial charge in [-0.3, -0.25) is 0 Å². The van der Waals surface area contributed by atoms with Gasteiger partial charge in [0.1, 0.15) is 17.5 Å². The maximum Gasteiger partial charge on any atom is 0.328 e. The number of para-hydroxylation sites is 1. The summed E-state index contributed by atoms with van der Waals surface area (Å²) in [5.74, 6) is -1.10. The summed E-state index contributed by atoms with van der Waals surface area (Å²) in [7, 11) is 0. The molecule has 0 fully saturated rings. The normalized spacial score (nSPS) is 12.4. The molecule has 6 heteroatoms. The van der Waals surface area contributed by atoms with Crippen LogP contribution in [-0.4, -0.2) is 23.6 Å². The first-order chi connectivity index (χ1) is 9.19. The number of esters is 1. The van der Waals surface area contributed by atoms with Crippen molar-refractivity contribution in [3.8, 4) is 0 Å². The zero-order chi connectivity index (χ0) is 15.3. The van der Waals surface area contributed by atoms with Gasteiger partial charge in [-0.05, 0) is 39.8 Å². The van der Waals surface area contributed by atoms with Crippen molar-refractivity contribution in [2.75, 3.05) is 5.32 Å². The molecule has 2 N–H and O–H groups in total. The third kappa shape index (κ3) is 5.26. The molecule has 0 radical (unpaired) electrons. The molecule has 0 aliphatic rings. The first-order valence-corrected chi connectivity index (χ1v) is 6.24. The number of halogens is 1. The van der Waals surface area contributed by atoms with Crippen LogP contribution in [0.1, 0.15) is 27.7 Å². The van der Waals surface area contributed by atoms with Gasteiger partial charge in [-0.15, -0.1) is 0 Å². The van der Waals surface area contributed by atoms with Crippen LogP contribution in [0.3, 0.4) is 0 Å². The summed E-state index contributed by atoms with van der Waals surface area (Å²) in [5, 5.41) is 4.71. The molecule has 0 heterocycles. The fourth-order valence-corrected chi connectivity index (χ4v) is 1.37. The Kier molecular flexibility index (Phi) is 5.07. The summed E-state index contributed by atoms with van der Waals surface area (Å²) >= 11 is 0. The number of ether oxygens (including phenoxy) is 1. The fraction of sp³-hybridized carbons (Fsp3) is 0.429. The van der Waals surface area contributed by atoms with Crippen molar-refractivity contribution in [1.29, 1.82) is 0 Å². The van der Waals surface area contributed by atoms with Gasteiger partial charge in [0, 0.05) is 0 Å². The van der Waals surface area contributed by atoms with Crippen molar-refractivity contribution in [3.63, 3.8) is 0 Å². The van der Waals surface area contributed by atoms with Gasteiger partial charge >= 0.3 is 12.0 Å². The number of amides is 2. The molecule has 110 valence electrons. The third-order valence-corrected chi connectivity index (χ3v) is 2.23. The van der Waals surface area contributed by atoms with Crippen molar-refractivity contribution >= 4 is 17.7 Å². The Labute approximate surface area is 117 Å². The molecule has 1 aromatic rings. The van der Waals surface area contributed by atoms with Gasteiger partial charge < -0.3 is 15.4 Å². The second-order valence-corrected chi connectivity index (χ2v) is 5.33. The molecule has 2 amide bonds. The van der Waals surface area contributed by atoms with Crippen LogP contribution in [-0.2, 0) is 9.53 Å². The number of anilines is 1. The number of carbonyl (C=O) groups excluding carboxylic acids is 2. The molecular weight excluding hydrogens is 263 g/mol. The maximum absolute atomic E-state index is 13.3. The van der Waals surface area contributed by atoms with Gasteiger partial charge in [0.2, 0.25) is 0 Å². The monoisotopic (exact) mass is 282 g/mol. The molecule has 0 spiro atoms. The van der Waals surface area contributed by atoms with Gasteiger partial charge in [-0.2, -0.15) is 0 Å². The highest BCUT2D eigenvalue weighted by Gasteiger charge is 2.23. The molecule has 0 aliphatic carbocycles. The van der Waals surface area contributed by atoms with Crippen LogP contribution in [0.5, 0.6) is 0 Å². The van der Waals surface area contributed by atoms with E-state index >= 15 is 0 Å². The minimum Gasteiger partial charge on any atom is -0.458 e. The van der Waals surface area contributed by atoms with Crippen LogP contribution in [0.4, 0.5) is 14.9 Å². The van der Waals surface area contributed by atoms with E-state index in [0.29, 0.717) is 0 Å². The van der Waals surface area contributed by atoms with E-state index in [4.69, 9.17) is 4.74 Å². The smallest absolute Gasteiger partial charge is 0.328 e. The molecule has 5 nitrogen and oxygen atoms in total. The lowest BCUT2D eigenvalue weighted by Gasteiger charge is -2.22. The standard InChI is InChI=1S/C14H19FN2O3/c1-9(12(18)20-14(2,3)4)16-13(19)17-11-8-6-5-7-10(11)15/h5-9H,1-4H3,(H2,16,17,19)/t9-/m0/s1. The lowest BCUT2D eigenvalue weighted by atomic mass is 10.2. The molecule has 0 bridgehead atoms. The predicted octanol–water partition coefficient (Wildman–Crippen LogP) is 2.68. The third-order valence-electron chi connectivity index (χ3n) is 2.23. The summed E-state index contributed by atoms with van der Waals surface area (Å²) < 4.78 is 18.5. The van der Waals surface area contributed by atoms with E-state index in [0.717, 1.165) is 0 Å². The maximum atomic E-state index is 13.3. The highest BCUT2D eigenvalue weighted by atomic mass is 19.1. The zero-order valence-electron chi connectivity index (χ0n) is 12.0. The molecule has 1 rings (SSSR count). The number of urea groups is 1. The zero-order valence-corrected chi connectivity index (χ0v) is 12.0. The number of carbonyl (C=O) groups is 2. The van der Waals surface area contributed by atoms with Crippen molar-refractivity contribution < 1.29 is 18.7 Å². The second kappa shape index (κ2) is 6.36. The molecule has 0 unspecified atom stereocenters. The summed E-state index contributed by atoms with van der Waals surface area (Å²) in [6, 6.07) is 4.26.